The molecule has 2 rings (SSSR count). The third-order valence-corrected chi connectivity index (χ3v) is 4.31. The summed E-state index contributed by atoms with van der Waals surface area (Å²) in [6.07, 6.45) is 3.03. The molecule has 22 heavy (non-hydrogen) atoms. The van der Waals surface area contributed by atoms with Crippen molar-refractivity contribution >= 4 is 17.7 Å². The smallest absolute Gasteiger partial charge is 0.254 e. The van der Waals surface area contributed by atoms with Crippen LogP contribution in [-0.2, 0) is 0 Å². The third-order valence-electron chi connectivity index (χ3n) is 3.28. The van der Waals surface area contributed by atoms with Gasteiger partial charge in [-0.2, -0.15) is 0 Å². The van der Waals surface area contributed by atoms with Crippen LogP contribution < -0.4 is 5.32 Å². The summed E-state index contributed by atoms with van der Waals surface area (Å²) >= 11 is 1.47. The molecule has 0 aliphatic rings. The van der Waals surface area contributed by atoms with E-state index in [1.807, 2.05) is 37.3 Å². The number of aliphatic hydroxyl groups is 1. The number of nitrogens with zero attached hydrogens (tertiary/aromatic N) is 1. The molecular formula is C17H20N2O2S. The van der Waals surface area contributed by atoms with Crippen molar-refractivity contribution in [2.75, 3.05) is 6.61 Å². The molecule has 0 saturated carbocycles. The first kappa shape index (κ1) is 16.5. The van der Waals surface area contributed by atoms with E-state index in [1.54, 1.807) is 18.3 Å². The van der Waals surface area contributed by atoms with Gasteiger partial charge in [-0.1, -0.05) is 36.9 Å². The number of nitrogens with one attached hydrogen (secondary N) is 1. The predicted molar refractivity (Wildman–Crippen MR) is 88.1 cm³/mol. The maximum absolute atomic E-state index is 12.5. The molecule has 0 aliphatic heterocycles. The van der Waals surface area contributed by atoms with E-state index in [0.717, 1.165) is 11.3 Å². The normalized spacial score (nSPS) is 11.9. The molecule has 1 unspecified atom stereocenters. The van der Waals surface area contributed by atoms with Crippen molar-refractivity contribution in [2.45, 2.75) is 35.7 Å². The van der Waals surface area contributed by atoms with Crippen LogP contribution in [0, 0.1) is 0 Å². The highest BCUT2D eigenvalue weighted by Gasteiger charge is 2.16. The van der Waals surface area contributed by atoms with Crippen LogP contribution in [0.3, 0.4) is 0 Å². The molecule has 0 radical (unpaired) electrons. The molecule has 0 spiro atoms. The standard InChI is InChI=1S/C17H20N2O2S/c1-2-13(10-12-20)19-16(21)15-9-6-11-18-17(15)22-14-7-4-3-5-8-14/h3-9,11,13,20H,2,10,12H2,1H3,(H,19,21). The van der Waals surface area contributed by atoms with Crippen LogP contribution in [0.4, 0.5) is 0 Å². The van der Waals surface area contributed by atoms with Gasteiger partial charge in [-0.05, 0) is 37.1 Å². The molecule has 116 valence electrons. The minimum Gasteiger partial charge on any atom is -0.396 e. The molecule has 1 atom stereocenters. The predicted octanol–water partition coefficient (Wildman–Crippen LogP) is 3.12. The fraction of sp³-hybridized carbons (Fsp3) is 0.294. The van der Waals surface area contributed by atoms with E-state index in [9.17, 15) is 4.79 Å². The van der Waals surface area contributed by atoms with Gasteiger partial charge in [0.25, 0.3) is 5.91 Å². The summed E-state index contributed by atoms with van der Waals surface area (Å²) in [5.41, 5.74) is 0.563. The maximum atomic E-state index is 12.5. The first-order valence-corrected chi connectivity index (χ1v) is 8.16. The molecule has 5 heteroatoms. The Morgan fingerprint density at radius 1 is 1.27 bits per heavy atom. The number of aliphatic hydroxyl groups excluding tert-OH is 1. The van der Waals surface area contributed by atoms with Crippen molar-refractivity contribution in [1.29, 1.82) is 0 Å². The highest BCUT2D eigenvalue weighted by molar-refractivity contribution is 7.99. The van der Waals surface area contributed by atoms with Crippen LogP contribution in [0.1, 0.15) is 30.1 Å². The molecule has 0 aliphatic carbocycles. The average Bonchev–Trinajstić information content (AvgIpc) is 2.55. The zero-order valence-electron chi connectivity index (χ0n) is 12.5. The molecule has 1 aromatic carbocycles. The third kappa shape index (κ3) is 4.58. The zero-order valence-corrected chi connectivity index (χ0v) is 13.3. The Labute approximate surface area is 135 Å². The van der Waals surface area contributed by atoms with Crippen molar-refractivity contribution in [3.05, 3.63) is 54.2 Å². The number of aromatic nitrogens is 1. The molecule has 1 amide bonds. The van der Waals surface area contributed by atoms with Crippen LogP contribution >= 0.6 is 11.8 Å². The minimum atomic E-state index is -0.146. The lowest BCUT2D eigenvalue weighted by Crippen LogP contribution is -2.35. The van der Waals surface area contributed by atoms with Gasteiger partial charge in [-0.25, -0.2) is 4.98 Å². The Hall–Kier alpha value is -1.85. The fourth-order valence-corrected chi connectivity index (χ4v) is 2.94. The van der Waals surface area contributed by atoms with E-state index in [2.05, 4.69) is 10.3 Å². The Bertz CT molecular complexity index is 605. The van der Waals surface area contributed by atoms with Gasteiger partial charge in [0.2, 0.25) is 0 Å². The van der Waals surface area contributed by atoms with Crippen molar-refractivity contribution in [2.24, 2.45) is 0 Å². The molecule has 0 fully saturated rings. The Balaban J connectivity index is 2.15. The molecule has 0 bridgehead atoms. The van der Waals surface area contributed by atoms with E-state index >= 15 is 0 Å². The first-order valence-electron chi connectivity index (χ1n) is 7.34. The summed E-state index contributed by atoms with van der Waals surface area (Å²) in [5.74, 6) is -0.146. The van der Waals surface area contributed by atoms with Gasteiger partial charge in [-0.15, -0.1) is 0 Å². The summed E-state index contributed by atoms with van der Waals surface area (Å²) < 4.78 is 0. The number of hydrogen-bond donors (Lipinski definition) is 2. The second kappa shape index (κ2) is 8.56. The molecule has 0 saturated heterocycles. The van der Waals surface area contributed by atoms with Gasteiger partial charge >= 0.3 is 0 Å². The lowest BCUT2D eigenvalue weighted by molar-refractivity contribution is 0.0925. The topological polar surface area (TPSA) is 62.2 Å². The molecule has 2 aromatic rings. The second-order valence-corrected chi connectivity index (χ2v) is 5.92. The lowest BCUT2D eigenvalue weighted by Gasteiger charge is -2.16. The summed E-state index contributed by atoms with van der Waals surface area (Å²) in [4.78, 5) is 17.8. The Morgan fingerprint density at radius 3 is 2.73 bits per heavy atom. The summed E-state index contributed by atoms with van der Waals surface area (Å²) in [5, 5.41) is 12.7. The van der Waals surface area contributed by atoms with Crippen molar-refractivity contribution in [1.82, 2.24) is 10.3 Å². The molecule has 4 nitrogen and oxygen atoms in total. The largest absolute Gasteiger partial charge is 0.396 e. The number of pyridine rings is 1. The average molecular weight is 316 g/mol. The monoisotopic (exact) mass is 316 g/mol. The summed E-state index contributed by atoms with van der Waals surface area (Å²) in [6.45, 7) is 2.06. The van der Waals surface area contributed by atoms with E-state index < -0.39 is 0 Å². The summed E-state index contributed by atoms with van der Waals surface area (Å²) in [6, 6.07) is 13.4. The second-order valence-electron chi connectivity index (χ2n) is 4.86. The van der Waals surface area contributed by atoms with Gasteiger partial charge in [0.1, 0.15) is 5.03 Å². The van der Waals surface area contributed by atoms with E-state index in [1.165, 1.54) is 11.8 Å². The van der Waals surface area contributed by atoms with Gasteiger partial charge in [0, 0.05) is 23.7 Å². The lowest BCUT2D eigenvalue weighted by atomic mass is 10.1. The van der Waals surface area contributed by atoms with Crippen LogP contribution in [0.2, 0.25) is 0 Å². The maximum Gasteiger partial charge on any atom is 0.254 e. The van der Waals surface area contributed by atoms with Crippen molar-refractivity contribution < 1.29 is 9.90 Å². The Kier molecular flexibility index (Phi) is 6.43. The van der Waals surface area contributed by atoms with Gasteiger partial charge in [-0.3, -0.25) is 4.79 Å². The van der Waals surface area contributed by atoms with Gasteiger partial charge < -0.3 is 10.4 Å². The minimum absolute atomic E-state index is 0.0210. The number of carbonyl (C=O) groups excluding carboxylic acids is 1. The molecule has 1 aromatic heterocycles. The molecular weight excluding hydrogens is 296 g/mol. The zero-order chi connectivity index (χ0) is 15.8. The first-order chi connectivity index (χ1) is 10.7. The van der Waals surface area contributed by atoms with Crippen molar-refractivity contribution in [3.63, 3.8) is 0 Å². The Morgan fingerprint density at radius 2 is 2.05 bits per heavy atom. The fourth-order valence-electron chi connectivity index (χ4n) is 2.04. The highest BCUT2D eigenvalue weighted by atomic mass is 32.2. The number of carbonyl (C=O) groups is 1. The number of hydrogen-bond acceptors (Lipinski definition) is 4. The van der Waals surface area contributed by atoms with Crippen LogP contribution in [-0.4, -0.2) is 28.6 Å². The van der Waals surface area contributed by atoms with Gasteiger partial charge in [0.05, 0.1) is 5.56 Å². The van der Waals surface area contributed by atoms with Crippen LogP contribution in [0.25, 0.3) is 0 Å². The van der Waals surface area contributed by atoms with E-state index in [0.29, 0.717) is 17.0 Å². The number of benzene rings is 1. The van der Waals surface area contributed by atoms with E-state index in [-0.39, 0.29) is 18.6 Å². The number of rotatable bonds is 7. The molecule has 1 heterocycles. The SMILES string of the molecule is CCC(CCO)NC(=O)c1cccnc1Sc1ccccc1. The number of amides is 1. The van der Waals surface area contributed by atoms with Crippen molar-refractivity contribution in [3.8, 4) is 0 Å². The van der Waals surface area contributed by atoms with E-state index in [4.69, 9.17) is 5.11 Å². The summed E-state index contributed by atoms with van der Waals surface area (Å²) in [7, 11) is 0. The molecule has 2 N–H and O–H groups in total. The van der Waals surface area contributed by atoms with Crippen LogP contribution in [0.15, 0.2) is 58.6 Å². The van der Waals surface area contributed by atoms with Crippen LogP contribution in [0.5, 0.6) is 0 Å². The quantitative estimate of drug-likeness (QED) is 0.824. The van der Waals surface area contributed by atoms with Gasteiger partial charge in [0.15, 0.2) is 0 Å². The highest BCUT2D eigenvalue weighted by Crippen LogP contribution is 2.28.